The summed E-state index contributed by atoms with van der Waals surface area (Å²) >= 11 is 1.11. The lowest BCUT2D eigenvalue weighted by Gasteiger charge is -2.32. The van der Waals surface area contributed by atoms with E-state index < -0.39 is 11.6 Å². The summed E-state index contributed by atoms with van der Waals surface area (Å²) in [6, 6.07) is 3.57. The molecule has 2 aromatic rings. The number of likely N-dealkylation sites (tertiary alicyclic amines) is 1. The van der Waals surface area contributed by atoms with Gasteiger partial charge in [-0.15, -0.1) is 5.10 Å². The van der Waals surface area contributed by atoms with Crippen molar-refractivity contribution in [2.75, 3.05) is 13.1 Å². The third kappa shape index (κ3) is 5.09. The SMILES string of the molecule is Cc1nnsc1C(=O)N1CCC[C@H](CCC(=O)NCc2ccc(F)c(F)c2)C1. The van der Waals surface area contributed by atoms with Crippen LogP contribution in [-0.4, -0.2) is 39.4 Å². The van der Waals surface area contributed by atoms with Crippen molar-refractivity contribution in [1.82, 2.24) is 19.8 Å². The fraction of sp³-hybridized carbons (Fsp3) is 0.474. The minimum absolute atomic E-state index is 0.0417. The number of aryl methyl sites for hydroxylation is 1. The summed E-state index contributed by atoms with van der Waals surface area (Å²) in [4.78, 5) is 27.1. The van der Waals surface area contributed by atoms with E-state index in [9.17, 15) is 18.4 Å². The van der Waals surface area contributed by atoms with Crippen LogP contribution in [0.2, 0.25) is 0 Å². The largest absolute Gasteiger partial charge is 0.352 e. The van der Waals surface area contributed by atoms with E-state index in [0.29, 0.717) is 42.1 Å². The lowest BCUT2D eigenvalue weighted by atomic mass is 9.93. The summed E-state index contributed by atoms with van der Waals surface area (Å²) in [7, 11) is 0. The molecule has 1 N–H and O–H groups in total. The first kappa shape index (κ1) is 20.3. The number of carbonyl (C=O) groups excluding carboxylic acids is 2. The van der Waals surface area contributed by atoms with Crippen LogP contribution in [0.15, 0.2) is 18.2 Å². The molecule has 0 unspecified atom stereocenters. The van der Waals surface area contributed by atoms with Crippen molar-refractivity contribution in [1.29, 1.82) is 0 Å². The molecule has 0 saturated carbocycles. The second-order valence-corrected chi connectivity index (χ2v) is 7.76. The number of piperidine rings is 1. The molecule has 3 rings (SSSR count). The smallest absolute Gasteiger partial charge is 0.267 e. The maximum Gasteiger partial charge on any atom is 0.267 e. The number of halogens is 2. The van der Waals surface area contributed by atoms with Gasteiger partial charge in [0.15, 0.2) is 11.6 Å². The number of nitrogens with zero attached hydrogens (tertiary/aromatic N) is 3. The maximum absolute atomic E-state index is 13.2. The highest BCUT2D eigenvalue weighted by Crippen LogP contribution is 2.24. The summed E-state index contributed by atoms with van der Waals surface area (Å²) in [6.45, 7) is 3.25. The van der Waals surface area contributed by atoms with Crippen LogP contribution in [0.25, 0.3) is 0 Å². The zero-order chi connectivity index (χ0) is 20.1. The lowest BCUT2D eigenvalue weighted by molar-refractivity contribution is -0.121. The number of amides is 2. The molecule has 0 radical (unpaired) electrons. The second kappa shape index (κ2) is 9.18. The van der Waals surface area contributed by atoms with Crippen LogP contribution in [0.5, 0.6) is 0 Å². The summed E-state index contributed by atoms with van der Waals surface area (Å²) in [6.07, 6.45) is 2.88. The second-order valence-electron chi connectivity index (χ2n) is 7.01. The van der Waals surface area contributed by atoms with Gasteiger partial charge in [-0.1, -0.05) is 10.6 Å². The fourth-order valence-corrected chi connectivity index (χ4v) is 3.96. The molecule has 1 saturated heterocycles. The average molecular weight is 408 g/mol. The molecule has 150 valence electrons. The van der Waals surface area contributed by atoms with Gasteiger partial charge in [0.05, 0.1) is 5.69 Å². The average Bonchev–Trinajstić information content (AvgIpc) is 3.12. The van der Waals surface area contributed by atoms with E-state index in [1.807, 2.05) is 4.90 Å². The van der Waals surface area contributed by atoms with Gasteiger partial charge in [-0.2, -0.15) is 0 Å². The summed E-state index contributed by atoms with van der Waals surface area (Å²) in [5, 5.41) is 6.62. The number of aromatic nitrogens is 2. The van der Waals surface area contributed by atoms with E-state index >= 15 is 0 Å². The van der Waals surface area contributed by atoms with E-state index in [1.54, 1.807) is 6.92 Å². The Balaban J connectivity index is 1.44. The third-order valence-corrected chi connectivity index (χ3v) is 5.72. The Bertz CT molecular complexity index is 858. The normalized spacial score (nSPS) is 16.8. The quantitative estimate of drug-likeness (QED) is 0.797. The van der Waals surface area contributed by atoms with Gasteiger partial charge in [0.25, 0.3) is 5.91 Å². The lowest BCUT2D eigenvalue weighted by Crippen LogP contribution is -2.40. The minimum Gasteiger partial charge on any atom is -0.352 e. The number of nitrogens with one attached hydrogen (secondary N) is 1. The molecule has 2 amide bonds. The molecule has 1 aromatic carbocycles. The number of rotatable bonds is 6. The van der Waals surface area contributed by atoms with Crippen LogP contribution < -0.4 is 5.32 Å². The Kier molecular flexibility index (Phi) is 6.66. The van der Waals surface area contributed by atoms with Gasteiger partial charge in [-0.3, -0.25) is 9.59 Å². The van der Waals surface area contributed by atoms with Gasteiger partial charge in [0.1, 0.15) is 4.88 Å². The van der Waals surface area contributed by atoms with Gasteiger partial charge in [0, 0.05) is 26.1 Å². The van der Waals surface area contributed by atoms with Gasteiger partial charge in [0.2, 0.25) is 5.91 Å². The fourth-order valence-electron chi connectivity index (χ4n) is 3.33. The Morgan fingerprint density at radius 1 is 1.32 bits per heavy atom. The Morgan fingerprint density at radius 2 is 2.14 bits per heavy atom. The predicted molar refractivity (Wildman–Crippen MR) is 101 cm³/mol. The van der Waals surface area contributed by atoms with E-state index in [-0.39, 0.29) is 24.3 Å². The third-order valence-electron chi connectivity index (χ3n) is 4.91. The number of benzene rings is 1. The standard InChI is InChI=1S/C19H22F2N4O2S/c1-12-18(28-24-23-12)19(27)25-8-2-3-13(11-25)5-7-17(26)22-10-14-4-6-15(20)16(21)9-14/h4,6,9,13H,2-3,5,7-8,10-11H2,1H3,(H,22,26)/t13-/m1/s1. The Labute approximate surface area is 166 Å². The van der Waals surface area contributed by atoms with Gasteiger partial charge in [-0.05, 0) is 61.3 Å². The van der Waals surface area contributed by atoms with Crippen molar-refractivity contribution >= 4 is 23.3 Å². The molecule has 1 aliphatic heterocycles. The first-order chi connectivity index (χ1) is 13.4. The van der Waals surface area contributed by atoms with Crippen molar-refractivity contribution in [2.45, 2.75) is 39.2 Å². The highest BCUT2D eigenvalue weighted by atomic mass is 32.1. The topological polar surface area (TPSA) is 75.2 Å². The van der Waals surface area contributed by atoms with Gasteiger partial charge < -0.3 is 10.2 Å². The zero-order valence-corrected chi connectivity index (χ0v) is 16.4. The summed E-state index contributed by atoms with van der Waals surface area (Å²) < 4.78 is 29.9. The molecular formula is C19H22F2N4O2S. The van der Waals surface area contributed by atoms with E-state index in [2.05, 4.69) is 14.9 Å². The number of hydrogen-bond acceptors (Lipinski definition) is 5. The molecule has 0 aliphatic carbocycles. The van der Waals surface area contributed by atoms with Crippen molar-refractivity contribution in [3.8, 4) is 0 Å². The van der Waals surface area contributed by atoms with Crippen molar-refractivity contribution in [2.24, 2.45) is 5.92 Å². The van der Waals surface area contributed by atoms with Gasteiger partial charge >= 0.3 is 0 Å². The van der Waals surface area contributed by atoms with Gasteiger partial charge in [-0.25, -0.2) is 8.78 Å². The molecule has 1 aromatic heterocycles. The molecule has 2 heterocycles. The first-order valence-corrected chi connectivity index (χ1v) is 10.00. The molecule has 1 aliphatic rings. The van der Waals surface area contributed by atoms with Crippen molar-refractivity contribution in [3.05, 3.63) is 46.0 Å². The summed E-state index contributed by atoms with van der Waals surface area (Å²) in [5.41, 5.74) is 1.16. The Morgan fingerprint density at radius 3 is 2.86 bits per heavy atom. The molecular weight excluding hydrogens is 386 g/mol. The van der Waals surface area contributed by atoms with E-state index in [0.717, 1.165) is 36.5 Å². The predicted octanol–water partition coefficient (Wildman–Crippen LogP) is 3.07. The van der Waals surface area contributed by atoms with Crippen LogP contribution in [0.4, 0.5) is 8.78 Å². The van der Waals surface area contributed by atoms with Crippen molar-refractivity contribution in [3.63, 3.8) is 0 Å². The van der Waals surface area contributed by atoms with Crippen LogP contribution in [0.3, 0.4) is 0 Å². The number of hydrogen-bond donors (Lipinski definition) is 1. The first-order valence-electron chi connectivity index (χ1n) is 9.23. The zero-order valence-electron chi connectivity index (χ0n) is 15.6. The van der Waals surface area contributed by atoms with Crippen LogP contribution >= 0.6 is 11.5 Å². The van der Waals surface area contributed by atoms with E-state index in [4.69, 9.17) is 0 Å². The molecule has 9 heteroatoms. The van der Waals surface area contributed by atoms with Crippen LogP contribution in [0, 0.1) is 24.5 Å². The minimum atomic E-state index is -0.926. The highest BCUT2D eigenvalue weighted by molar-refractivity contribution is 7.07. The molecule has 1 fully saturated rings. The van der Waals surface area contributed by atoms with Crippen LogP contribution in [0.1, 0.15) is 46.6 Å². The molecule has 0 spiro atoms. The Hall–Kier alpha value is -2.42. The summed E-state index contributed by atoms with van der Waals surface area (Å²) in [5.74, 6) is -1.76. The van der Waals surface area contributed by atoms with Crippen LogP contribution in [-0.2, 0) is 11.3 Å². The number of carbonyl (C=O) groups is 2. The molecule has 6 nitrogen and oxygen atoms in total. The van der Waals surface area contributed by atoms with E-state index in [1.165, 1.54) is 6.07 Å². The maximum atomic E-state index is 13.2. The monoisotopic (exact) mass is 408 g/mol. The molecule has 0 bridgehead atoms. The molecule has 1 atom stereocenters. The molecule has 28 heavy (non-hydrogen) atoms. The highest BCUT2D eigenvalue weighted by Gasteiger charge is 2.27. The van der Waals surface area contributed by atoms with Crippen molar-refractivity contribution < 1.29 is 18.4 Å².